The van der Waals surface area contributed by atoms with Gasteiger partial charge in [0.25, 0.3) is 0 Å². The number of halogens is 2. The van der Waals surface area contributed by atoms with E-state index in [0.29, 0.717) is 6.54 Å². The lowest BCUT2D eigenvalue weighted by atomic mass is 10.5. The van der Waals surface area contributed by atoms with Crippen LogP contribution in [-0.2, 0) is 4.74 Å². The van der Waals surface area contributed by atoms with Crippen LogP contribution in [0.3, 0.4) is 0 Å². The average molecular weight is 355 g/mol. The monoisotopic (exact) mass is 355 g/mol. The van der Waals surface area contributed by atoms with Crippen LogP contribution in [0.1, 0.15) is 13.3 Å². The molecule has 4 heteroatoms. The number of rotatable bonds is 4. The molecule has 0 rings (SSSR count). The van der Waals surface area contributed by atoms with E-state index in [1.165, 1.54) is 0 Å². The molecule has 0 aliphatic heterocycles. The molecule has 0 aromatic heterocycles. The summed E-state index contributed by atoms with van der Waals surface area (Å²) in [6, 6.07) is 0. The minimum Gasteiger partial charge on any atom is -0.356 e. The Bertz CT molecular complexity index is 71.8. The van der Waals surface area contributed by atoms with Crippen LogP contribution in [0, 0.1) is 0 Å². The molecule has 0 unspecified atom stereocenters. The van der Waals surface area contributed by atoms with Gasteiger partial charge in [0.05, 0.1) is 6.61 Å². The van der Waals surface area contributed by atoms with Crippen molar-refractivity contribution in [1.82, 2.24) is 0 Å². The maximum atomic E-state index is 5.36. The van der Waals surface area contributed by atoms with Gasteiger partial charge in [-0.2, -0.15) is 0 Å². The first kappa shape index (κ1) is 10.4. The highest BCUT2D eigenvalue weighted by Gasteiger charge is 2.13. The van der Waals surface area contributed by atoms with Crippen molar-refractivity contribution in [2.45, 2.75) is 15.0 Å². The van der Waals surface area contributed by atoms with Crippen molar-refractivity contribution in [2.75, 3.05) is 13.2 Å². The Morgan fingerprint density at radius 2 is 2.11 bits per heavy atom. The summed E-state index contributed by atoms with van der Waals surface area (Å²) in [6.45, 7) is 3.49. The summed E-state index contributed by atoms with van der Waals surface area (Å²) < 4.78 is 5.30. The molecular formula is C5H11I2NO. The molecule has 0 aliphatic rings. The Labute approximate surface area is 83.2 Å². The maximum Gasteiger partial charge on any atom is 0.166 e. The molecule has 0 radical (unpaired) electrons. The van der Waals surface area contributed by atoms with E-state index >= 15 is 0 Å². The van der Waals surface area contributed by atoms with Gasteiger partial charge in [0, 0.05) is 0 Å². The first-order chi connectivity index (χ1) is 4.06. The molecule has 56 valence electrons. The molecule has 2 nitrogen and oxygen atoms in total. The Hall–Kier alpha value is 1.38. The summed E-state index contributed by atoms with van der Waals surface area (Å²) in [5.41, 5.74) is 5.27. The number of ether oxygens (including phenoxy) is 1. The summed E-state index contributed by atoms with van der Waals surface area (Å²) in [7, 11) is 0. The van der Waals surface area contributed by atoms with Gasteiger partial charge in [0.15, 0.2) is 1.61 Å². The Kier molecular flexibility index (Phi) is 5.87. The van der Waals surface area contributed by atoms with Crippen LogP contribution in [0.2, 0.25) is 0 Å². The molecule has 0 amide bonds. The highest BCUT2D eigenvalue weighted by molar-refractivity contribution is 14.2. The fourth-order valence-electron chi connectivity index (χ4n) is 0.335. The second-order valence-electron chi connectivity index (χ2n) is 1.80. The molecule has 0 saturated heterocycles. The maximum absolute atomic E-state index is 5.36. The SMILES string of the molecule is CC(I)(I)OCCCN. The molecule has 9 heavy (non-hydrogen) atoms. The number of nitrogens with two attached hydrogens (primary N) is 1. The minimum atomic E-state index is -0.0648. The van der Waals surface area contributed by atoms with Crippen molar-refractivity contribution in [3.63, 3.8) is 0 Å². The van der Waals surface area contributed by atoms with Gasteiger partial charge >= 0.3 is 0 Å². The van der Waals surface area contributed by atoms with Crippen LogP contribution in [0.15, 0.2) is 0 Å². The highest BCUT2D eigenvalue weighted by atomic mass is 127. The standard InChI is InChI=1S/C5H11I2NO/c1-5(6,7)9-4-2-3-8/h2-4,8H2,1H3. The Morgan fingerprint density at radius 1 is 1.56 bits per heavy atom. The van der Waals surface area contributed by atoms with E-state index in [-0.39, 0.29) is 1.61 Å². The predicted molar refractivity (Wildman–Crippen MR) is 56.1 cm³/mol. The van der Waals surface area contributed by atoms with Crippen LogP contribution in [0.25, 0.3) is 0 Å². The lowest BCUT2D eigenvalue weighted by Crippen LogP contribution is -2.13. The molecule has 0 heterocycles. The summed E-state index contributed by atoms with van der Waals surface area (Å²) in [6.07, 6.45) is 0.946. The molecule has 0 spiro atoms. The van der Waals surface area contributed by atoms with E-state index in [2.05, 4.69) is 45.2 Å². The fraction of sp³-hybridized carbons (Fsp3) is 1.00. The van der Waals surface area contributed by atoms with Gasteiger partial charge in [-0.25, -0.2) is 0 Å². The van der Waals surface area contributed by atoms with Crippen molar-refractivity contribution >= 4 is 45.2 Å². The number of hydrogen-bond donors (Lipinski definition) is 1. The molecular weight excluding hydrogens is 344 g/mol. The molecule has 0 saturated carbocycles. The molecule has 0 aromatic rings. The van der Waals surface area contributed by atoms with Crippen molar-refractivity contribution in [3.05, 3.63) is 0 Å². The third kappa shape index (κ3) is 9.38. The topological polar surface area (TPSA) is 35.2 Å². The van der Waals surface area contributed by atoms with Crippen LogP contribution in [0.5, 0.6) is 0 Å². The van der Waals surface area contributed by atoms with Gasteiger partial charge < -0.3 is 10.5 Å². The van der Waals surface area contributed by atoms with E-state index in [1.807, 2.05) is 6.92 Å². The normalized spacial score (nSPS) is 12.0. The van der Waals surface area contributed by atoms with Gasteiger partial charge in [0.1, 0.15) is 0 Å². The summed E-state index contributed by atoms with van der Waals surface area (Å²) in [4.78, 5) is 0. The van der Waals surface area contributed by atoms with E-state index < -0.39 is 0 Å². The van der Waals surface area contributed by atoms with E-state index in [9.17, 15) is 0 Å². The summed E-state index contributed by atoms with van der Waals surface area (Å²) >= 11 is 4.48. The third-order valence-corrected chi connectivity index (χ3v) is 1.33. The van der Waals surface area contributed by atoms with Gasteiger partial charge in [-0.1, -0.05) is 0 Å². The summed E-state index contributed by atoms with van der Waals surface area (Å²) in [5, 5.41) is 0. The van der Waals surface area contributed by atoms with E-state index in [0.717, 1.165) is 13.0 Å². The van der Waals surface area contributed by atoms with Gasteiger partial charge in [0.2, 0.25) is 0 Å². The van der Waals surface area contributed by atoms with Crippen molar-refractivity contribution in [3.8, 4) is 0 Å². The fourth-order valence-corrected chi connectivity index (χ4v) is 0.775. The Balaban J connectivity index is 3.07. The summed E-state index contributed by atoms with van der Waals surface area (Å²) in [5.74, 6) is 0. The largest absolute Gasteiger partial charge is 0.356 e. The lowest BCUT2D eigenvalue weighted by Gasteiger charge is -2.14. The van der Waals surface area contributed by atoms with Gasteiger partial charge in [-0.05, 0) is 65.1 Å². The van der Waals surface area contributed by atoms with Crippen LogP contribution < -0.4 is 5.73 Å². The lowest BCUT2D eigenvalue weighted by molar-refractivity contribution is 0.123. The van der Waals surface area contributed by atoms with E-state index in [4.69, 9.17) is 10.5 Å². The second-order valence-corrected chi connectivity index (χ2v) is 7.98. The second kappa shape index (κ2) is 5.09. The molecule has 0 fully saturated rings. The molecule has 0 atom stereocenters. The van der Waals surface area contributed by atoms with Crippen molar-refractivity contribution < 1.29 is 4.74 Å². The van der Waals surface area contributed by atoms with Gasteiger partial charge in [-0.15, -0.1) is 0 Å². The smallest absolute Gasteiger partial charge is 0.166 e. The van der Waals surface area contributed by atoms with Crippen molar-refractivity contribution in [1.29, 1.82) is 0 Å². The average Bonchev–Trinajstić information content (AvgIpc) is 1.63. The molecule has 0 aliphatic carbocycles. The van der Waals surface area contributed by atoms with Crippen LogP contribution >= 0.6 is 45.2 Å². The number of alkyl halides is 2. The molecule has 0 aromatic carbocycles. The predicted octanol–water partition coefficient (Wildman–Crippen LogP) is 1.90. The van der Waals surface area contributed by atoms with E-state index in [1.54, 1.807) is 0 Å². The third-order valence-electron chi connectivity index (χ3n) is 0.704. The van der Waals surface area contributed by atoms with Crippen LogP contribution in [-0.4, -0.2) is 14.8 Å². The Morgan fingerprint density at radius 3 is 2.44 bits per heavy atom. The zero-order valence-corrected chi connectivity index (χ0v) is 9.68. The first-order valence-corrected chi connectivity index (χ1v) is 4.94. The quantitative estimate of drug-likeness (QED) is 0.475. The molecule has 0 bridgehead atoms. The zero-order valence-electron chi connectivity index (χ0n) is 5.36. The number of hydrogen-bond acceptors (Lipinski definition) is 2. The minimum absolute atomic E-state index is 0.0648. The zero-order chi connectivity index (χ0) is 7.33. The molecule has 2 N–H and O–H groups in total. The van der Waals surface area contributed by atoms with Gasteiger partial charge in [-0.3, -0.25) is 0 Å². The highest BCUT2D eigenvalue weighted by Crippen LogP contribution is 2.27. The van der Waals surface area contributed by atoms with Crippen LogP contribution in [0.4, 0.5) is 0 Å². The first-order valence-electron chi connectivity index (χ1n) is 2.78. The van der Waals surface area contributed by atoms with Crippen molar-refractivity contribution in [2.24, 2.45) is 5.73 Å².